The first-order chi connectivity index (χ1) is 52.8. The third kappa shape index (κ3) is 37.0. The van der Waals surface area contributed by atoms with E-state index in [1.807, 2.05) is 66.7 Å². The molecule has 111 heavy (non-hydrogen) atoms. The minimum Gasteiger partial charge on any atom is -0.481 e. The predicted molar refractivity (Wildman–Crippen MR) is 410 cm³/mol. The number of carbonyl (C=O) groups excluding carboxylic acids is 8. The van der Waals surface area contributed by atoms with Crippen LogP contribution in [0, 0.1) is 39.1 Å². The Labute approximate surface area is 657 Å². The van der Waals surface area contributed by atoms with E-state index < -0.39 is 163 Å². The predicted octanol–water partition coefficient (Wildman–Crippen LogP) is 5.93. The number of unbranched alkanes of at least 4 members (excludes halogenated alkanes) is 3. The largest absolute Gasteiger partial charge is 0.481 e. The lowest BCUT2D eigenvalue weighted by Gasteiger charge is -2.31. The Morgan fingerprint density at radius 3 is 1.52 bits per heavy atom. The number of hydrogen-bond acceptors (Lipinski definition) is 19. The summed E-state index contributed by atoms with van der Waals surface area (Å²) in [5.41, 5.74) is 1.77. The molecule has 5 rings (SSSR count). The van der Waals surface area contributed by atoms with Crippen molar-refractivity contribution in [3.8, 4) is 0 Å². The highest BCUT2D eigenvalue weighted by molar-refractivity contribution is 14.1. The number of urea groups is 1. The van der Waals surface area contributed by atoms with E-state index in [2.05, 4.69) is 49.2 Å². The maximum Gasteiger partial charge on any atom is 0.326 e. The van der Waals surface area contributed by atoms with Gasteiger partial charge in [-0.25, -0.2) is 19.2 Å². The minimum absolute atomic E-state index is 0.0481. The average Bonchev–Trinajstić information content (AvgIpc) is 0.833. The summed E-state index contributed by atoms with van der Waals surface area (Å²) in [5.74, 6) is -18.1. The first-order valence-electron chi connectivity index (χ1n) is 38.0. The number of rotatable bonds is 50. The fraction of sp³-hybridized carbons (Fsp3) is 0.590. The number of hydrogen-bond donors (Lipinski definition) is 13. The van der Waals surface area contributed by atoms with E-state index in [1.165, 1.54) is 0 Å². The first kappa shape index (κ1) is 92.3. The van der Waals surface area contributed by atoms with Crippen LogP contribution < -0.4 is 26.6 Å². The molecule has 0 spiro atoms. The van der Waals surface area contributed by atoms with Gasteiger partial charge in [0, 0.05) is 118 Å². The summed E-state index contributed by atoms with van der Waals surface area (Å²) in [6.45, 7) is 0.672. The molecule has 0 radical (unpaired) electrons. The van der Waals surface area contributed by atoms with Crippen molar-refractivity contribution < 1.29 is 118 Å². The van der Waals surface area contributed by atoms with Crippen LogP contribution in [-0.4, -0.2) is 240 Å². The molecule has 3 aromatic rings. The molecule has 32 nitrogen and oxygen atoms in total. The number of fused-ring (bicyclic) bond motifs is 1. The Hall–Kier alpha value is -9.35. The van der Waals surface area contributed by atoms with E-state index in [1.54, 1.807) is 14.7 Å². The molecule has 5 amide bonds. The summed E-state index contributed by atoms with van der Waals surface area (Å²) >= 11 is 2.16. The molecule has 2 aliphatic rings. The van der Waals surface area contributed by atoms with Gasteiger partial charge < -0.3 is 67.4 Å². The summed E-state index contributed by atoms with van der Waals surface area (Å²) in [7, 11) is 0. The number of benzene rings is 3. The second-order valence-electron chi connectivity index (χ2n) is 29.2. The minimum atomic E-state index is -1.67. The zero-order chi connectivity index (χ0) is 81.5. The molecule has 1 saturated carbocycles. The number of aryl methyl sites for hydroxylation is 1. The van der Waals surface area contributed by atoms with Crippen LogP contribution in [0.4, 0.5) is 4.79 Å². The second kappa shape index (κ2) is 49.1. The monoisotopic (exact) mass is 1670 g/mol. The molecule has 1 heterocycles. The smallest absolute Gasteiger partial charge is 0.326 e. The Kier molecular flexibility index (Phi) is 40.8. The number of Topliss-reactive ketones (excluding diaryl/α,β-unsaturated/α-hetero) is 4. The Balaban J connectivity index is 1.22. The zero-order valence-electron chi connectivity index (χ0n) is 62.5. The van der Waals surface area contributed by atoms with Gasteiger partial charge in [0.25, 0.3) is 0 Å². The highest BCUT2D eigenvalue weighted by Gasteiger charge is 2.35. The van der Waals surface area contributed by atoms with Gasteiger partial charge in [0.05, 0.1) is 25.6 Å². The van der Waals surface area contributed by atoms with Gasteiger partial charge in [0.15, 0.2) is 0 Å². The van der Waals surface area contributed by atoms with Crippen molar-refractivity contribution in [3.63, 3.8) is 0 Å². The molecule has 6 unspecified atom stereocenters. The topological polar surface area (TPSA) is 505 Å². The molecule has 6 atom stereocenters. The van der Waals surface area contributed by atoms with Crippen molar-refractivity contribution in [2.45, 2.75) is 185 Å². The van der Waals surface area contributed by atoms with E-state index >= 15 is 0 Å². The van der Waals surface area contributed by atoms with Gasteiger partial charge in [0.2, 0.25) is 17.7 Å². The van der Waals surface area contributed by atoms with Crippen molar-refractivity contribution in [2.24, 2.45) is 35.5 Å². The lowest BCUT2D eigenvalue weighted by atomic mass is 9.77. The van der Waals surface area contributed by atoms with Crippen LogP contribution in [-0.2, 0) is 84.8 Å². The van der Waals surface area contributed by atoms with Crippen LogP contribution >= 0.6 is 22.6 Å². The van der Waals surface area contributed by atoms with Gasteiger partial charge in [-0.05, 0) is 178 Å². The quantitative estimate of drug-likeness (QED) is 0.0230. The third-order valence-corrected chi connectivity index (χ3v) is 21.0. The third-order valence-electron chi connectivity index (χ3n) is 20.3. The van der Waals surface area contributed by atoms with Crippen molar-refractivity contribution in [1.82, 2.24) is 41.3 Å². The number of nitrogens with one attached hydrogen (secondary N) is 5. The summed E-state index contributed by atoms with van der Waals surface area (Å²) in [5, 5.41) is 91.6. The lowest BCUT2D eigenvalue weighted by molar-refractivity contribution is -0.146. The summed E-state index contributed by atoms with van der Waals surface area (Å²) in [4.78, 5) is 209. The first-order valence-corrected chi connectivity index (χ1v) is 39.0. The molecule has 3 aromatic carbocycles. The Morgan fingerprint density at radius 2 is 0.955 bits per heavy atom. The summed E-state index contributed by atoms with van der Waals surface area (Å²) < 4.78 is 1.02. The molecule has 0 bridgehead atoms. The molecule has 33 heteroatoms. The molecular weight excluding hydrogens is 1560 g/mol. The van der Waals surface area contributed by atoms with Gasteiger partial charge in [-0.3, -0.25) is 72.2 Å². The lowest BCUT2D eigenvalue weighted by Crippen LogP contribution is -2.51. The second-order valence-corrected chi connectivity index (χ2v) is 30.4. The van der Waals surface area contributed by atoms with Crippen LogP contribution in [0.5, 0.6) is 0 Å². The van der Waals surface area contributed by atoms with E-state index in [-0.39, 0.29) is 153 Å². The number of carbonyl (C=O) groups is 16. The van der Waals surface area contributed by atoms with Crippen LogP contribution in [0.3, 0.4) is 0 Å². The van der Waals surface area contributed by atoms with Crippen LogP contribution in [0.25, 0.3) is 10.8 Å². The average molecular weight is 1670 g/mol. The van der Waals surface area contributed by atoms with Gasteiger partial charge in [-0.15, -0.1) is 0 Å². The summed E-state index contributed by atoms with van der Waals surface area (Å²) in [6, 6.07) is 15.2. The number of ketones is 4. The number of halogens is 1. The number of carboxylic acid groups (broad SMARTS) is 8. The SMILES string of the molecule is O=C(O)CCC(NC(=O)NC(CCCCNC(=O)C(CC(=O)C1CCC(CNC(=O)C(CCCCCC(=O)CC2CCN(CC(=O)O)CCN(CC(=O)O)CCN(CC(=O)O)CC2)CC(=O)CC(CC(=O)CC(NC(=O)CCCc2ccc(I)cc2)C(=O)O)C(=O)O)CC1)Cc1ccc2ccccc2c1)C(=O)O)C(=O)O. The Morgan fingerprint density at radius 1 is 0.423 bits per heavy atom. The standard InChI is InChI=1S/C78H107IN8O24/c79-59-24-19-49(20-25-59)9-8-15-67(92)82-65(77(109)110)44-62(90)42-58(74(103)104)41-61(89)40-56(12-2-1-3-13-60(88)39-50-28-31-85(46-69(95)96)33-35-87(48-71(99)100)36-34-86(32-29-50)47-70(97)98)72(101)81-45-51-16-22-54(23-17-51)66(91)43-57(38-52-18-21-53-10-4-5-11-55(53)37-52)73(102)80-30-7-6-14-63(75(105)106)83-78(111)84-64(76(107)108)26-27-68(93)94/h4-5,10-11,18-21,24-25,37,50-51,54,56-58,63-65H,1-3,6-9,12-17,22-23,26-36,38-48H2,(H,80,102)(H,81,101)(H,82,92)(H,93,94)(H,95,96)(H,97,98)(H,99,100)(H,103,104)(H,105,106)(H,107,108)(H,109,110)(H2,83,84,111). The van der Waals surface area contributed by atoms with Gasteiger partial charge in [-0.1, -0.05) is 67.4 Å². The van der Waals surface area contributed by atoms with Crippen LogP contribution in [0.2, 0.25) is 0 Å². The number of nitrogens with zero attached hydrogens (tertiary/aromatic N) is 3. The summed E-state index contributed by atoms with van der Waals surface area (Å²) in [6.07, 6.45) is 1.76. The normalized spacial score (nSPS) is 17.1. The van der Waals surface area contributed by atoms with E-state index in [9.17, 15) is 112 Å². The fourth-order valence-electron chi connectivity index (χ4n) is 14.1. The maximum atomic E-state index is 14.3. The van der Waals surface area contributed by atoms with Crippen molar-refractivity contribution in [3.05, 3.63) is 81.4 Å². The molecule has 1 aliphatic heterocycles. The fourth-order valence-corrected chi connectivity index (χ4v) is 14.4. The van der Waals surface area contributed by atoms with Crippen LogP contribution in [0.15, 0.2) is 66.7 Å². The molecule has 1 saturated heterocycles. The molecule has 2 fully saturated rings. The van der Waals surface area contributed by atoms with Gasteiger partial charge >= 0.3 is 53.8 Å². The van der Waals surface area contributed by atoms with E-state index in [0.29, 0.717) is 70.6 Å². The molecule has 1 aliphatic carbocycles. The van der Waals surface area contributed by atoms with Crippen molar-refractivity contribution in [1.29, 1.82) is 0 Å². The van der Waals surface area contributed by atoms with Crippen molar-refractivity contribution in [2.75, 3.05) is 72.0 Å². The van der Waals surface area contributed by atoms with Crippen molar-refractivity contribution >= 4 is 128 Å². The number of aliphatic carboxylic acids is 8. The van der Waals surface area contributed by atoms with Gasteiger partial charge in [0.1, 0.15) is 41.3 Å². The number of carboxylic acids is 8. The zero-order valence-corrected chi connectivity index (χ0v) is 64.7. The maximum absolute atomic E-state index is 14.3. The number of amides is 5. The molecule has 13 N–H and O–H groups in total. The Bertz CT molecular complexity index is 3650. The molecular formula is C78H107IN8O24. The highest BCUT2D eigenvalue weighted by Crippen LogP contribution is 2.32. The van der Waals surface area contributed by atoms with Gasteiger partial charge in [-0.2, -0.15) is 0 Å². The highest BCUT2D eigenvalue weighted by atomic mass is 127. The molecule has 0 aromatic heterocycles. The van der Waals surface area contributed by atoms with Crippen LogP contribution in [0.1, 0.15) is 165 Å². The van der Waals surface area contributed by atoms with E-state index in [0.717, 1.165) is 25.5 Å². The molecule has 610 valence electrons. The van der Waals surface area contributed by atoms with E-state index in [4.69, 9.17) is 5.11 Å².